The predicted molar refractivity (Wildman–Crippen MR) is 73.3 cm³/mol. The Bertz CT molecular complexity index is 527. The number of nitrogens with zero attached hydrogens (tertiary/aromatic N) is 3. The second kappa shape index (κ2) is 5.43. The zero-order chi connectivity index (χ0) is 13.1. The molecule has 3 rings (SSSR count). The van der Waals surface area contributed by atoms with Crippen LogP contribution in [0.2, 0.25) is 0 Å². The molecule has 0 atom stereocenters. The van der Waals surface area contributed by atoms with Gasteiger partial charge in [0, 0.05) is 5.92 Å². The third kappa shape index (κ3) is 2.62. The summed E-state index contributed by atoms with van der Waals surface area (Å²) in [5.41, 5.74) is 1.23. The lowest BCUT2D eigenvalue weighted by Crippen LogP contribution is -2.09. The molecular weight excluding hydrogens is 238 g/mol. The Morgan fingerprint density at radius 2 is 1.95 bits per heavy atom. The number of aromatic nitrogens is 3. The van der Waals surface area contributed by atoms with E-state index in [0.29, 0.717) is 5.92 Å². The standard InChI is InChI=1S/C15H19N3O/c1-19-14-8-6-12(7-9-14)10-18-15(16-11-17-18)13-4-2-3-5-13/h6-9,11,13H,2-5,10H2,1H3. The molecule has 4 heteroatoms. The van der Waals surface area contributed by atoms with E-state index >= 15 is 0 Å². The Labute approximate surface area is 113 Å². The summed E-state index contributed by atoms with van der Waals surface area (Å²) in [6.45, 7) is 0.788. The SMILES string of the molecule is COc1ccc(Cn2ncnc2C2CCCC2)cc1. The van der Waals surface area contributed by atoms with Gasteiger partial charge in [-0.2, -0.15) is 5.10 Å². The molecule has 100 valence electrons. The molecule has 1 aromatic heterocycles. The molecule has 19 heavy (non-hydrogen) atoms. The zero-order valence-electron chi connectivity index (χ0n) is 11.2. The van der Waals surface area contributed by atoms with Gasteiger partial charge >= 0.3 is 0 Å². The summed E-state index contributed by atoms with van der Waals surface area (Å²) in [4.78, 5) is 4.46. The van der Waals surface area contributed by atoms with Crippen molar-refractivity contribution < 1.29 is 4.74 Å². The van der Waals surface area contributed by atoms with Gasteiger partial charge in [-0.3, -0.25) is 0 Å². The van der Waals surface area contributed by atoms with E-state index in [-0.39, 0.29) is 0 Å². The molecule has 1 saturated carbocycles. The first-order valence-electron chi connectivity index (χ1n) is 6.87. The Hall–Kier alpha value is -1.84. The minimum Gasteiger partial charge on any atom is -0.497 e. The van der Waals surface area contributed by atoms with Crippen LogP contribution in [0.4, 0.5) is 0 Å². The Kier molecular flexibility index (Phi) is 3.49. The molecule has 0 unspecified atom stereocenters. The third-order valence-electron chi connectivity index (χ3n) is 3.86. The minimum atomic E-state index is 0.598. The van der Waals surface area contributed by atoms with Gasteiger partial charge in [0.15, 0.2) is 0 Å². The Morgan fingerprint density at radius 1 is 1.21 bits per heavy atom. The number of methoxy groups -OCH3 is 1. The maximum absolute atomic E-state index is 5.17. The molecular formula is C15H19N3O. The fraction of sp³-hybridized carbons (Fsp3) is 0.467. The molecule has 1 aromatic carbocycles. The molecule has 4 nitrogen and oxygen atoms in total. The molecule has 0 spiro atoms. The van der Waals surface area contributed by atoms with Gasteiger partial charge in [-0.05, 0) is 30.5 Å². The van der Waals surface area contributed by atoms with Crippen molar-refractivity contribution in [3.05, 3.63) is 42.0 Å². The van der Waals surface area contributed by atoms with Gasteiger partial charge in [0.05, 0.1) is 13.7 Å². The smallest absolute Gasteiger partial charge is 0.138 e. The van der Waals surface area contributed by atoms with Gasteiger partial charge in [0.25, 0.3) is 0 Å². The van der Waals surface area contributed by atoms with Crippen molar-refractivity contribution in [2.24, 2.45) is 0 Å². The van der Waals surface area contributed by atoms with Crippen LogP contribution in [0.3, 0.4) is 0 Å². The first-order valence-corrected chi connectivity index (χ1v) is 6.87. The lowest BCUT2D eigenvalue weighted by molar-refractivity contribution is 0.414. The topological polar surface area (TPSA) is 39.9 Å². The van der Waals surface area contributed by atoms with E-state index in [1.54, 1.807) is 13.4 Å². The fourth-order valence-electron chi connectivity index (χ4n) is 2.80. The maximum Gasteiger partial charge on any atom is 0.138 e. The summed E-state index contributed by atoms with van der Waals surface area (Å²) in [5, 5.41) is 4.37. The second-order valence-corrected chi connectivity index (χ2v) is 5.11. The van der Waals surface area contributed by atoms with Crippen LogP contribution in [0.25, 0.3) is 0 Å². The monoisotopic (exact) mass is 257 g/mol. The summed E-state index contributed by atoms with van der Waals surface area (Å²) >= 11 is 0. The van der Waals surface area contributed by atoms with Crippen LogP contribution in [0.1, 0.15) is 43.0 Å². The van der Waals surface area contributed by atoms with Crippen LogP contribution >= 0.6 is 0 Å². The summed E-state index contributed by atoms with van der Waals surface area (Å²) in [6, 6.07) is 8.14. The van der Waals surface area contributed by atoms with E-state index in [4.69, 9.17) is 4.74 Å². The highest BCUT2D eigenvalue weighted by Crippen LogP contribution is 2.32. The predicted octanol–water partition coefficient (Wildman–Crippen LogP) is 2.99. The van der Waals surface area contributed by atoms with Crippen molar-refractivity contribution in [2.45, 2.75) is 38.1 Å². The van der Waals surface area contributed by atoms with Gasteiger partial charge in [-0.15, -0.1) is 0 Å². The average Bonchev–Trinajstić information content (AvgIpc) is 3.10. The van der Waals surface area contributed by atoms with Crippen molar-refractivity contribution in [1.29, 1.82) is 0 Å². The summed E-state index contributed by atoms with van der Waals surface area (Å²) < 4.78 is 7.21. The molecule has 2 aromatic rings. The first-order chi connectivity index (χ1) is 9.36. The number of hydrogen-bond acceptors (Lipinski definition) is 3. The average molecular weight is 257 g/mol. The van der Waals surface area contributed by atoms with Crippen LogP contribution < -0.4 is 4.74 Å². The fourth-order valence-corrected chi connectivity index (χ4v) is 2.80. The van der Waals surface area contributed by atoms with Crippen LogP contribution in [-0.2, 0) is 6.54 Å². The van der Waals surface area contributed by atoms with Gasteiger partial charge in [0.2, 0.25) is 0 Å². The van der Waals surface area contributed by atoms with E-state index < -0.39 is 0 Å². The molecule has 0 bridgehead atoms. The molecule has 1 heterocycles. The van der Waals surface area contributed by atoms with E-state index in [9.17, 15) is 0 Å². The van der Waals surface area contributed by atoms with Crippen LogP contribution in [-0.4, -0.2) is 21.9 Å². The van der Waals surface area contributed by atoms with Crippen molar-refractivity contribution in [3.63, 3.8) is 0 Å². The van der Waals surface area contributed by atoms with Gasteiger partial charge in [-0.1, -0.05) is 25.0 Å². The van der Waals surface area contributed by atoms with Gasteiger partial charge < -0.3 is 4.74 Å². The number of ether oxygens (including phenoxy) is 1. The lowest BCUT2D eigenvalue weighted by Gasteiger charge is -2.11. The first kappa shape index (κ1) is 12.2. The van der Waals surface area contributed by atoms with E-state index in [2.05, 4.69) is 22.2 Å². The number of benzene rings is 1. The van der Waals surface area contributed by atoms with Crippen LogP contribution in [0.5, 0.6) is 5.75 Å². The quantitative estimate of drug-likeness (QED) is 0.845. The zero-order valence-corrected chi connectivity index (χ0v) is 11.2. The Morgan fingerprint density at radius 3 is 2.63 bits per heavy atom. The summed E-state index contributed by atoms with van der Waals surface area (Å²) in [5.74, 6) is 2.63. The van der Waals surface area contributed by atoms with Gasteiger partial charge in [-0.25, -0.2) is 9.67 Å². The normalized spacial score (nSPS) is 15.8. The number of rotatable bonds is 4. The maximum atomic E-state index is 5.17. The third-order valence-corrected chi connectivity index (χ3v) is 3.86. The van der Waals surface area contributed by atoms with Crippen molar-refractivity contribution in [3.8, 4) is 5.75 Å². The molecule has 1 aliphatic carbocycles. The van der Waals surface area contributed by atoms with E-state index in [1.807, 2.05) is 16.8 Å². The summed E-state index contributed by atoms with van der Waals surface area (Å²) in [7, 11) is 1.69. The highest BCUT2D eigenvalue weighted by Gasteiger charge is 2.21. The molecule has 0 N–H and O–H groups in total. The molecule has 1 aliphatic rings. The number of hydrogen-bond donors (Lipinski definition) is 0. The van der Waals surface area contributed by atoms with Crippen molar-refractivity contribution in [1.82, 2.24) is 14.8 Å². The van der Waals surface area contributed by atoms with Crippen molar-refractivity contribution >= 4 is 0 Å². The summed E-state index contributed by atoms with van der Waals surface area (Å²) in [6.07, 6.45) is 6.82. The molecule has 0 saturated heterocycles. The molecule has 1 fully saturated rings. The molecule has 0 radical (unpaired) electrons. The van der Waals surface area contributed by atoms with Crippen LogP contribution in [0.15, 0.2) is 30.6 Å². The largest absolute Gasteiger partial charge is 0.497 e. The lowest BCUT2D eigenvalue weighted by atomic mass is 10.1. The van der Waals surface area contributed by atoms with Crippen LogP contribution in [0, 0.1) is 0 Å². The van der Waals surface area contributed by atoms with E-state index in [1.165, 1.54) is 31.2 Å². The van der Waals surface area contributed by atoms with Crippen molar-refractivity contribution in [2.75, 3.05) is 7.11 Å². The highest BCUT2D eigenvalue weighted by molar-refractivity contribution is 5.27. The molecule has 0 amide bonds. The highest BCUT2D eigenvalue weighted by atomic mass is 16.5. The van der Waals surface area contributed by atoms with E-state index in [0.717, 1.165) is 18.1 Å². The van der Waals surface area contributed by atoms with Gasteiger partial charge in [0.1, 0.15) is 17.9 Å². The Balaban J connectivity index is 1.77. The second-order valence-electron chi connectivity index (χ2n) is 5.11. The minimum absolute atomic E-state index is 0.598. The molecule has 0 aliphatic heterocycles.